The van der Waals surface area contributed by atoms with E-state index in [4.69, 9.17) is 9.47 Å². The first-order valence-electron chi connectivity index (χ1n) is 6.31. The standard InChI is InChI=1S/C15H23NO2/c1-4-10-18-11-9-16-13(2)12-14-5-7-15(17-3)8-6-14/h4-8,13,16H,1,9-12H2,2-3H3. The highest BCUT2D eigenvalue weighted by atomic mass is 16.5. The van der Waals surface area contributed by atoms with Gasteiger partial charge in [0.2, 0.25) is 0 Å². The Hall–Kier alpha value is -1.32. The van der Waals surface area contributed by atoms with E-state index in [0.29, 0.717) is 12.6 Å². The Labute approximate surface area is 110 Å². The Morgan fingerprint density at radius 2 is 2.06 bits per heavy atom. The summed E-state index contributed by atoms with van der Waals surface area (Å²) in [5.41, 5.74) is 1.31. The molecular weight excluding hydrogens is 226 g/mol. The molecule has 0 aliphatic carbocycles. The molecule has 1 atom stereocenters. The molecule has 1 aromatic rings. The van der Waals surface area contributed by atoms with Crippen molar-refractivity contribution in [3.63, 3.8) is 0 Å². The minimum atomic E-state index is 0.436. The van der Waals surface area contributed by atoms with Gasteiger partial charge in [-0.3, -0.25) is 0 Å². The van der Waals surface area contributed by atoms with Crippen LogP contribution < -0.4 is 10.1 Å². The Kier molecular flexibility index (Phi) is 7.14. The van der Waals surface area contributed by atoms with Gasteiger partial charge in [-0.25, -0.2) is 0 Å². The highest BCUT2D eigenvalue weighted by Gasteiger charge is 2.02. The van der Waals surface area contributed by atoms with Crippen LogP contribution in [0, 0.1) is 0 Å². The molecule has 1 aromatic carbocycles. The molecule has 0 aliphatic heterocycles. The Morgan fingerprint density at radius 3 is 2.67 bits per heavy atom. The fourth-order valence-electron chi connectivity index (χ4n) is 1.73. The highest BCUT2D eigenvalue weighted by molar-refractivity contribution is 5.27. The third-order valence-corrected chi connectivity index (χ3v) is 2.68. The van der Waals surface area contributed by atoms with Crippen molar-refractivity contribution in [3.8, 4) is 5.75 Å². The predicted octanol–water partition coefficient (Wildman–Crippen LogP) is 2.42. The van der Waals surface area contributed by atoms with Gasteiger partial charge in [0.25, 0.3) is 0 Å². The van der Waals surface area contributed by atoms with E-state index in [0.717, 1.165) is 25.3 Å². The van der Waals surface area contributed by atoms with Gasteiger partial charge in [0.15, 0.2) is 0 Å². The summed E-state index contributed by atoms with van der Waals surface area (Å²) in [6.45, 7) is 7.99. The quantitative estimate of drug-likeness (QED) is 0.538. The molecule has 18 heavy (non-hydrogen) atoms. The van der Waals surface area contributed by atoms with Crippen molar-refractivity contribution in [2.45, 2.75) is 19.4 Å². The van der Waals surface area contributed by atoms with Crippen molar-refractivity contribution < 1.29 is 9.47 Å². The van der Waals surface area contributed by atoms with Gasteiger partial charge in [-0.2, -0.15) is 0 Å². The van der Waals surface area contributed by atoms with E-state index in [1.54, 1.807) is 13.2 Å². The molecule has 3 nitrogen and oxygen atoms in total. The van der Waals surface area contributed by atoms with Gasteiger partial charge in [-0.05, 0) is 31.0 Å². The van der Waals surface area contributed by atoms with Crippen LogP contribution in [-0.4, -0.2) is 32.9 Å². The number of hydrogen-bond acceptors (Lipinski definition) is 3. The second-order valence-electron chi connectivity index (χ2n) is 4.27. The summed E-state index contributed by atoms with van der Waals surface area (Å²) in [4.78, 5) is 0. The smallest absolute Gasteiger partial charge is 0.118 e. The van der Waals surface area contributed by atoms with Gasteiger partial charge >= 0.3 is 0 Å². The van der Waals surface area contributed by atoms with E-state index in [1.165, 1.54) is 5.56 Å². The third-order valence-electron chi connectivity index (χ3n) is 2.68. The van der Waals surface area contributed by atoms with Crippen LogP contribution in [0.5, 0.6) is 5.75 Å². The molecule has 0 saturated heterocycles. The molecule has 0 saturated carbocycles. The Balaban J connectivity index is 2.22. The average Bonchev–Trinajstić information content (AvgIpc) is 2.39. The van der Waals surface area contributed by atoms with Gasteiger partial charge in [-0.1, -0.05) is 18.2 Å². The third kappa shape index (κ3) is 5.84. The first-order chi connectivity index (χ1) is 8.76. The SMILES string of the molecule is C=CCOCCNC(C)Cc1ccc(OC)cc1. The Bertz CT molecular complexity index is 335. The van der Waals surface area contributed by atoms with Crippen LogP contribution in [0.1, 0.15) is 12.5 Å². The molecule has 0 amide bonds. The summed E-state index contributed by atoms with van der Waals surface area (Å²) in [5, 5.41) is 3.43. The zero-order valence-corrected chi connectivity index (χ0v) is 11.3. The van der Waals surface area contributed by atoms with Crippen molar-refractivity contribution >= 4 is 0 Å². The first-order valence-corrected chi connectivity index (χ1v) is 6.31. The predicted molar refractivity (Wildman–Crippen MR) is 75.2 cm³/mol. The Morgan fingerprint density at radius 1 is 1.33 bits per heavy atom. The van der Waals surface area contributed by atoms with Crippen LogP contribution in [0.25, 0.3) is 0 Å². The summed E-state index contributed by atoms with van der Waals surface area (Å²) in [5.74, 6) is 0.900. The molecule has 0 radical (unpaired) electrons. The topological polar surface area (TPSA) is 30.5 Å². The zero-order valence-electron chi connectivity index (χ0n) is 11.3. The second-order valence-corrected chi connectivity index (χ2v) is 4.27. The van der Waals surface area contributed by atoms with Crippen LogP contribution in [0.15, 0.2) is 36.9 Å². The average molecular weight is 249 g/mol. The van der Waals surface area contributed by atoms with E-state index < -0.39 is 0 Å². The van der Waals surface area contributed by atoms with Gasteiger partial charge in [0.05, 0.1) is 20.3 Å². The van der Waals surface area contributed by atoms with Crippen LogP contribution in [-0.2, 0) is 11.2 Å². The molecular formula is C15H23NO2. The molecule has 0 aliphatic rings. The van der Waals surface area contributed by atoms with Crippen molar-refractivity contribution in [3.05, 3.63) is 42.5 Å². The molecule has 3 heteroatoms. The lowest BCUT2D eigenvalue weighted by atomic mass is 10.1. The number of nitrogens with one attached hydrogen (secondary N) is 1. The fourth-order valence-corrected chi connectivity index (χ4v) is 1.73. The molecule has 1 rings (SSSR count). The first kappa shape index (κ1) is 14.7. The summed E-state index contributed by atoms with van der Waals surface area (Å²) in [6, 6.07) is 8.63. The van der Waals surface area contributed by atoms with E-state index in [9.17, 15) is 0 Å². The van der Waals surface area contributed by atoms with Gasteiger partial charge in [-0.15, -0.1) is 6.58 Å². The molecule has 0 aromatic heterocycles. The lowest BCUT2D eigenvalue weighted by molar-refractivity contribution is 0.161. The summed E-state index contributed by atoms with van der Waals surface area (Å²) in [7, 11) is 1.68. The monoisotopic (exact) mass is 249 g/mol. The van der Waals surface area contributed by atoms with Crippen LogP contribution in [0.2, 0.25) is 0 Å². The van der Waals surface area contributed by atoms with Crippen molar-refractivity contribution in [2.24, 2.45) is 0 Å². The number of hydrogen-bond donors (Lipinski definition) is 1. The number of methoxy groups -OCH3 is 1. The van der Waals surface area contributed by atoms with Gasteiger partial charge < -0.3 is 14.8 Å². The maximum Gasteiger partial charge on any atom is 0.118 e. The minimum absolute atomic E-state index is 0.436. The van der Waals surface area contributed by atoms with Gasteiger partial charge in [0.1, 0.15) is 5.75 Å². The lowest BCUT2D eigenvalue weighted by Gasteiger charge is -2.14. The zero-order chi connectivity index (χ0) is 13.2. The van der Waals surface area contributed by atoms with E-state index >= 15 is 0 Å². The number of benzene rings is 1. The van der Waals surface area contributed by atoms with Crippen LogP contribution in [0.4, 0.5) is 0 Å². The number of ether oxygens (including phenoxy) is 2. The van der Waals surface area contributed by atoms with E-state index in [1.807, 2.05) is 12.1 Å². The largest absolute Gasteiger partial charge is 0.497 e. The summed E-state index contributed by atoms with van der Waals surface area (Å²) < 4.78 is 10.5. The fraction of sp³-hybridized carbons (Fsp3) is 0.467. The molecule has 0 bridgehead atoms. The summed E-state index contributed by atoms with van der Waals surface area (Å²) >= 11 is 0. The van der Waals surface area contributed by atoms with Crippen molar-refractivity contribution in [1.82, 2.24) is 5.32 Å². The lowest BCUT2D eigenvalue weighted by Crippen LogP contribution is -2.31. The van der Waals surface area contributed by atoms with Crippen LogP contribution >= 0.6 is 0 Å². The molecule has 0 fully saturated rings. The number of rotatable bonds is 9. The maximum absolute atomic E-state index is 5.32. The van der Waals surface area contributed by atoms with Crippen LogP contribution in [0.3, 0.4) is 0 Å². The molecule has 1 unspecified atom stereocenters. The van der Waals surface area contributed by atoms with Crippen molar-refractivity contribution in [2.75, 3.05) is 26.9 Å². The van der Waals surface area contributed by atoms with Gasteiger partial charge in [0, 0.05) is 12.6 Å². The highest BCUT2D eigenvalue weighted by Crippen LogP contribution is 2.12. The maximum atomic E-state index is 5.32. The normalized spacial score (nSPS) is 12.1. The van der Waals surface area contributed by atoms with Crippen molar-refractivity contribution in [1.29, 1.82) is 0 Å². The molecule has 0 spiro atoms. The molecule has 0 heterocycles. The molecule has 1 N–H and O–H groups in total. The summed E-state index contributed by atoms with van der Waals surface area (Å²) in [6.07, 6.45) is 2.77. The second kappa shape index (κ2) is 8.72. The molecule has 100 valence electrons. The minimum Gasteiger partial charge on any atom is -0.497 e. The van der Waals surface area contributed by atoms with E-state index in [-0.39, 0.29) is 0 Å². The van der Waals surface area contributed by atoms with E-state index in [2.05, 4.69) is 31.0 Å².